The lowest BCUT2D eigenvalue weighted by molar-refractivity contribution is -0.144. The monoisotopic (exact) mass is 290 g/mol. The topological polar surface area (TPSA) is 37.3 Å². The van der Waals surface area contributed by atoms with Crippen LogP contribution in [0, 0.1) is 41.0 Å². The van der Waals surface area contributed by atoms with Crippen molar-refractivity contribution in [3.8, 4) is 0 Å². The Bertz CT molecular complexity index is 581. The third kappa shape index (κ3) is 1.81. The summed E-state index contributed by atoms with van der Waals surface area (Å²) in [5.74, 6) is -7.19. The van der Waals surface area contributed by atoms with Gasteiger partial charge in [-0.1, -0.05) is 13.8 Å². The molecule has 1 atom stereocenters. The molecule has 1 N–H and O–H groups in total. The molecule has 0 spiro atoms. The van der Waals surface area contributed by atoms with Crippen LogP contribution in [-0.2, 0) is 11.2 Å². The molecule has 0 heterocycles. The van der Waals surface area contributed by atoms with Gasteiger partial charge in [0.15, 0.2) is 23.3 Å². The minimum absolute atomic E-state index is 0.200. The molecular weight excluding hydrogens is 276 g/mol. The number of carbonyl (C=O) groups is 1. The first-order chi connectivity index (χ1) is 9.05. The van der Waals surface area contributed by atoms with E-state index in [1.807, 2.05) is 0 Å². The fourth-order valence-corrected chi connectivity index (χ4v) is 2.70. The van der Waals surface area contributed by atoms with Crippen molar-refractivity contribution in [2.45, 2.75) is 33.6 Å². The van der Waals surface area contributed by atoms with Gasteiger partial charge in [-0.25, -0.2) is 17.6 Å². The van der Waals surface area contributed by atoms with E-state index < -0.39 is 57.6 Å². The number of halogens is 4. The number of rotatable bonds is 3. The van der Waals surface area contributed by atoms with E-state index in [1.54, 1.807) is 13.8 Å². The summed E-state index contributed by atoms with van der Waals surface area (Å²) in [5.41, 5.74) is -3.64. The Morgan fingerprint density at radius 3 is 1.80 bits per heavy atom. The summed E-state index contributed by atoms with van der Waals surface area (Å²) in [6.45, 7) is 4.20. The molecule has 0 aliphatic heterocycles. The zero-order valence-corrected chi connectivity index (χ0v) is 11.3. The summed E-state index contributed by atoms with van der Waals surface area (Å²) < 4.78 is 54.6. The molecule has 1 aliphatic rings. The van der Waals surface area contributed by atoms with E-state index >= 15 is 0 Å². The van der Waals surface area contributed by atoms with Crippen LogP contribution in [0.5, 0.6) is 0 Å². The number of benzene rings is 1. The van der Waals surface area contributed by atoms with Crippen molar-refractivity contribution < 1.29 is 27.5 Å². The van der Waals surface area contributed by atoms with E-state index in [0.29, 0.717) is 0 Å². The second-order valence-electron chi connectivity index (χ2n) is 5.98. The molecule has 0 aromatic heterocycles. The maximum atomic E-state index is 13.8. The van der Waals surface area contributed by atoms with Crippen LogP contribution in [0.25, 0.3) is 0 Å². The SMILES string of the molecule is Cc1c(F)c(F)c(CC2(C(=O)O)CC2(C)C)c(F)c1F. The van der Waals surface area contributed by atoms with Crippen molar-refractivity contribution in [2.75, 3.05) is 0 Å². The van der Waals surface area contributed by atoms with E-state index in [-0.39, 0.29) is 6.42 Å². The highest BCUT2D eigenvalue weighted by atomic mass is 19.2. The summed E-state index contributed by atoms with van der Waals surface area (Å²) in [4.78, 5) is 11.3. The predicted molar refractivity (Wildman–Crippen MR) is 63.2 cm³/mol. The lowest BCUT2D eigenvalue weighted by Crippen LogP contribution is -2.25. The van der Waals surface area contributed by atoms with Crippen molar-refractivity contribution in [3.05, 3.63) is 34.4 Å². The van der Waals surface area contributed by atoms with E-state index in [9.17, 15) is 27.5 Å². The first-order valence-electron chi connectivity index (χ1n) is 6.10. The summed E-state index contributed by atoms with van der Waals surface area (Å²) in [6, 6.07) is 0. The first kappa shape index (κ1) is 14.8. The highest BCUT2D eigenvalue weighted by Gasteiger charge is 2.66. The average Bonchev–Trinajstić information content (AvgIpc) is 2.93. The number of hydrogen-bond donors (Lipinski definition) is 1. The summed E-state index contributed by atoms with van der Waals surface area (Å²) >= 11 is 0. The molecule has 0 saturated heterocycles. The van der Waals surface area contributed by atoms with Gasteiger partial charge in [0.1, 0.15) is 0 Å². The summed E-state index contributed by atoms with van der Waals surface area (Å²) in [5, 5.41) is 9.24. The van der Waals surface area contributed by atoms with Crippen LogP contribution in [0.4, 0.5) is 17.6 Å². The highest BCUT2D eigenvalue weighted by molar-refractivity contribution is 5.80. The lowest BCUT2D eigenvalue weighted by Gasteiger charge is -2.17. The van der Waals surface area contributed by atoms with Crippen molar-refractivity contribution in [2.24, 2.45) is 10.8 Å². The number of aliphatic carboxylic acids is 1. The van der Waals surface area contributed by atoms with Gasteiger partial charge in [-0.3, -0.25) is 4.79 Å². The van der Waals surface area contributed by atoms with Gasteiger partial charge < -0.3 is 5.11 Å². The van der Waals surface area contributed by atoms with E-state index in [4.69, 9.17) is 0 Å². The van der Waals surface area contributed by atoms with Gasteiger partial charge in [0.2, 0.25) is 0 Å². The van der Waals surface area contributed by atoms with Gasteiger partial charge in [-0.2, -0.15) is 0 Å². The smallest absolute Gasteiger partial charge is 0.310 e. The van der Waals surface area contributed by atoms with Crippen LogP contribution < -0.4 is 0 Å². The lowest BCUT2D eigenvalue weighted by atomic mass is 9.88. The molecule has 1 unspecified atom stereocenters. The van der Waals surface area contributed by atoms with Crippen LogP contribution in [0.2, 0.25) is 0 Å². The second-order valence-corrected chi connectivity index (χ2v) is 5.98. The van der Waals surface area contributed by atoms with Crippen LogP contribution in [0.1, 0.15) is 31.4 Å². The van der Waals surface area contributed by atoms with Crippen molar-refractivity contribution in [1.29, 1.82) is 0 Å². The van der Waals surface area contributed by atoms with Gasteiger partial charge in [-0.15, -0.1) is 0 Å². The van der Waals surface area contributed by atoms with Gasteiger partial charge in [0.25, 0.3) is 0 Å². The normalized spacial score (nSPS) is 23.8. The van der Waals surface area contributed by atoms with Crippen molar-refractivity contribution in [1.82, 2.24) is 0 Å². The minimum Gasteiger partial charge on any atom is -0.481 e. The van der Waals surface area contributed by atoms with Crippen LogP contribution in [-0.4, -0.2) is 11.1 Å². The van der Waals surface area contributed by atoms with E-state index in [2.05, 4.69) is 0 Å². The third-order valence-corrected chi connectivity index (χ3v) is 4.38. The predicted octanol–water partition coefficient (Wildman–Crippen LogP) is 3.59. The maximum Gasteiger partial charge on any atom is 0.310 e. The fraction of sp³-hybridized carbons (Fsp3) is 0.500. The summed E-state index contributed by atoms with van der Waals surface area (Å²) in [6.07, 6.45) is -0.369. The van der Waals surface area contributed by atoms with E-state index in [1.165, 1.54) is 0 Å². The third-order valence-electron chi connectivity index (χ3n) is 4.38. The molecule has 110 valence electrons. The molecule has 20 heavy (non-hydrogen) atoms. The van der Waals surface area contributed by atoms with Crippen LogP contribution in [0.3, 0.4) is 0 Å². The molecule has 0 bridgehead atoms. The molecule has 1 fully saturated rings. The Morgan fingerprint density at radius 2 is 1.50 bits per heavy atom. The molecule has 2 rings (SSSR count). The largest absolute Gasteiger partial charge is 0.481 e. The quantitative estimate of drug-likeness (QED) is 0.682. The standard InChI is InChI=1S/C14H14F4O2/c1-6-8(15)10(17)7(11(18)9(6)16)4-14(12(19)20)5-13(14,2)3/h4-5H2,1-3H3,(H,19,20). The molecule has 1 aromatic rings. The van der Waals surface area contributed by atoms with Crippen molar-refractivity contribution in [3.63, 3.8) is 0 Å². The number of carboxylic acids is 1. The van der Waals surface area contributed by atoms with Gasteiger partial charge in [-0.05, 0) is 25.2 Å². The Balaban J connectivity index is 2.54. The van der Waals surface area contributed by atoms with Crippen molar-refractivity contribution >= 4 is 5.97 Å². The van der Waals surface area contributed by atoms with Crippen LogP contribution >= 0.6 is 0 Å². The molecule has 0 radical (unpaired) electrons. The summed E-state index contributed by atoms with van der Waals surface area (Å²) in [7, 11) is 0. The maximum absolute atomic E-state index is 13.8. The average molecular weight is 290 g/mol. The molecule has 1 saturated carbocycles. The van der Waals surface area contributed by atoms with Gasteiger partial charge in [0.05, 0.1) is 5.41 Å². The molecule has 1 aromatic carbocycles. The molecule has 1 aliphatic carbocycles. The minimum atomic E-state index is -1.51. The fourth-order valence-electron chi connectivity index (χ4n) is 2.70. The molecule has 2 nitrogen and oxygen atoms in total. The van der Waals surface area contributed by atoms with Gasteiger partial charge >= 0.3 is 5.97 Å². The Kier molecular flexibility index (Phi) is 3.11. The molecule has 0 amide bonds. The van der Waals surface area contributed by atoms with E-state index in [0.717, 1.165) is 6.92 Å². The van der Waals surface area contributed by atoms with Gasteiger partial charge in [0, 0.05) is 11.1 Å². The zero-order valence-electron chi connectivity index (χ0n) is 11.3. The number of carboxylic acid groups (broad SMARTS) is 1. The Morgan fingerprint density at radius 1 is 1.10 bits per heavy atom. The zero-order chi connectivity index (χ0) is 15.5. The Labute approximate surface area is 113 Å². The second kappa shape index (κ2) is 4.20. The number of hydrogen-bond acceptors (Lipinski definition) is 1. The Hall–Kier alpha value is -1.59. The molecule has 6 heteroatoms. The van der Waals surface area contributed by atoms with Crippen LogP contribution in [0.15, 0.2) is 0 Å². The first-order valence-corrected chi connectivity index (χ1v) is 6.10. The highest BCUT2D eigenvalue weighted by Crippen LogP contribution is 2.65. The molecular formula is C14H14F4O2.